The first-order chi connectivity index (χ1) is 11.2. The molecule has 2 aromatic rings. The molecule has 0 saturated carbocycles. The third-order valence-electron chi connectivity index (χ3n) is 3.28. The van der Waals surface area contributed by atoms with E-state index in [1.807, 2.05) is 24.3 Å². The largest absolute Gasteiger partial charge is 0.493 e. The SMILES string of the molecule is C=CCNCc1ccc(OCc2c(Cl)cccc2Cl)c(OC)c1. The Kier molecular flexibility index (Phi) is 6.78. The second-order valence-electron chi connectivity index (χ2n) is 4.89. The van der Waals surface area contributed by atoms with E-state index in [0.717, 1.165) is 24.2 Å². The van der Waals surface area contributed by atoms with Crippen molar-refractivity contribution in [3.63, 3.8) is 0 Å². The fourth-order valence-corrected chi connectivity index (χ4v) is 2.59. The van der Waals surface area contributed by atoms with Gasteiger partial charge in [-0.25, -0.2) is 0 Å². The van der Waals surface area contributed by atoms with Crippen LogP contribution in [-0.2, 0) is 13.2 Å². The lowest BCUT2D eigenvalue weighted by molar-refractivity contribution is 0.284. The average molecular weight is 352 g/mol. The van der Waals surface area contributed by atoms with Crippen LogP contribution in [-0.4, -0.2) is 13.7 Å². The van der Waals surface area contributed by atoms with Crippen LogP contribution in [0.3, 0.4) is 0 Å². The molecule has 0 spiro atoms. The number of ether oxygens (including phenoxy) is 2. The normalized spacial score (nSPS) is 10.4. The lowest BCUT2D eigenvalue weighted by Crippen LogP contribution is -2.12. The zero-order valence-corrected chi connectivity index (χ0v) is 14.5. The number of benzene rings is 2. The van der Waals surface area contributed by atoms with Crippen LogP contribution in [0.2, 0.25) is 10.0 Å². The van der Waals surface area contributed by atoms with Gasteiger partial charge in [0.1, 0.15) is 6.61 Å². The molecule has 122 valence electrons. The Labute approximate surface area is 146 Å². The van der Waals surface area contributed by atoms with Gasteiger partial charge in [-0.3, -0.25) is 0 Å². The molecular formula is C18H19Cl2NO2. The molecule has 0 atom stereocenters. The zero-order chi connectivity index (χ0) is 16.7. The molecule has 0 heterocycles. The molecule has 0 aliphatic carbocycles. The molecule has 0 unspecified atom stereocenters. The Morgan fingerprint density at radius 3 is 2.52 bits per heavy atom. The molecule has 2 aromatic carbocycles. The summed E-state index contributed by atoms with van der Waals surface area (Å²) in [5, 5.41) is 4.42. The summed E-state index contributed by atoms with van der Waals surface area (Å²) in [4.78, 5) is 0. The summed E-state index contributed by atoms with van der Waals surface area (Å²) < 4.78 is 11.2. The number of hydrogen-bond acceptors (Lipinski definition) is 3. The summed E-state index contributed by atoms with van der Waals surface area (Å²) in [5.74, 6) is 1.32. The van der Waals surface area contributed by atoms with Crippen molar-refractivity contribution in [1.82, 2.24) is 5.32 Å². The molecule has 0 aliphatic heterocycles. The highest BCUT2D eigenvalue weighted by molar-refractivity contribution is 6.35. The van der Waals surface area contributed by atoms with E-state index in [1.54, 1.807) is 25.3 Å². The fraction of sp³-hybridized carbons (Fsp3) is 0.222. The molecule has 0 saturated heterocycles. The van der Waals surface area contributed by atoms with Crippen molar-refractivity contribution in [2.24, 2.45) is 0 Å². The van der Waals surface area contributed by atoms with Crippen molar-refractivity contribution in [3.8, 4) is 11.5 Å². The minimum absolute atomic E-state index is 0.281. The Morgan fingerprint density at radius 2 is 1.87 bits per heavy atom. The van der Waals surface area contributed by atoms with E-state index in [0.29, 0.717) is 21.5 Å². The monoisotopic (exact) mass is 351 g/mol. The van der Waals surface area contributed by atoms with E-state index in [4.69, 9.17) is 32.7 Å². The van der Waals surface area contributed by atoms with Gasteiger partial charge >= 0.3 is 0 Å². The van der Waals surface area contributed by atoms with E-state index >= 15 is 0 Å². The van der Waals surface area contributed by atoms with Crippen LogP contribution in [0.5, 0.6) is 11.5 Å². The third-order valence-corrected chi connectivity index (χ3v) is 3.99. The van der Waals surface area contributed by atoms with Crippen LogP contribution >= 0.6 is 23.2 Å². The number of halogens is 2. The Balaban J connectivity index is 2.09. The molecule has 23 heavy (non-hydrogen) atoms. The second kappa shape index (κ2) is 8.82. The quantitative estimate of drug-likeness (QED) is 0.544. The van der Waals surface area contributed by atoms with Crippen molar-refractivity contribution in [2.75, 3.05) is 13.7 Å². The standard InChI is InChI=1S/C18H19Cl2NO2/c1-3-9-21-11-13-7-8-17(18(10-13)22-2)23-12-14-15(19)5-4-6-16(14)20/h3-8,10,21H,1,9,11-12H2,2H3. The predicted octanol–water partition coefficient (Wildman–Crippen LogP) is 4.86. The highest BCUT2D eigenvalue weighted by atomic mass is 35.5. The van der Waals surface area contributed by atoms with Gasteiger partial charge in [0.25, 0.3) is 0 Å². The number of rotatable bonds is 8. The van der Waals surface area contributed by atoms with Crippen LogP contribution in [0.4, 0.5) is 0 Å². The molecule has 1 N–H and O–H groups in total. The van der Waals surface area contributed by atoms with Gasteiger partial charge in [-0.15, -0.1) is 6.58 Å². The van der Waals surface area contributed by atoms with Crippen LogP contribution in [0.25, 0.3) is 0 Å². The third kappa shape index (κ3) is 4.90. The van der Waals surface area contributed by atoms with E-state index in [9.17, 15) is 0 Å². The minimum Gasteiger partial charge on any atom is -0.493 e. The maximum Gasteiger partial charge on any atom is 0.161 e. The first kappa shape index (κ1) is 17.7. The van der Waals surface area contributed by atoms with Gasteiger partial charge in [0.15, 0.2) is 11.5 Å². The lowest BCUT2D eigenvalue weighted by atomic mass is 10.2. The van der Waals surface area contributed by atoms with Gasteiger partial charge in [-0.2, -0.15) is 0 Å². The topological polar surface area (TPSA) is 30.5 Å². The maximum absolute atomic E-state index is 6.15. The molecule has 0 aliphatic rings. The lowest BCUT2D eigenvalue weighted by Gasteiger charge is -2.14. The summed E-state index contributed by atoms with van der Waals surface area (Å²) in [6, 6.07) is 11.2. The summed E-state index contributed by atoms with van der Waals surface area (Å²) >= 11 is 12.3. The highest BCUT2D eigenvalue weighted by Crippen LogP contribution is 2.31. The van der Waals surface area contributed by atoms with Gasteiger partial charge in [-0.05, 0) is 29.8 Å². The molecule has 2 rings (SSSR count). The summed E-state index contributed by atoms with van der Waals surface area (Å²) in [5.41, 5.74) is 1.86. The first-order valence-electron chi connectivity index (χ1n) is 7.20. The number of methoxy groups -OCH3 is 1. The van der Waals surface area contributed by atoms with Crippen molar-refractivity contribution in [3.05, 3.63) is 70.2 Å². The van der Waals surface area contributed by atoms with Gasteiger partial charge in [0.2, 0.25) is 0 Å². The smallest absolute Gasteiger partial charge is 0.161 e. The van der Waals surface area contributed by atoms with Gasteiger partial charge in [0, 0.05) is 28.7 Å². The molecule has 0 bridgehead atoms. The summed E-state index contributed by atoms with van der Waals surface area (Å²) in [6.07, 6.45) is 1.82. The van der Waals surface area contributed by atoms with E-state index < -0.39 is 0 Å². The molecule has 0 amide bonds. The molecule has 5 heteroatoms. The van der Waals surface area contributed by atoms with Gasteiger partial charge in [-0.1, -0.05) is 41.4 Å². The molecular weight excluding hydrogens is 333 g/mol. The van der Waals surface area contributed by atoms with E-state index in [-0.39, 0.29) is 6.61 Å². The van der Waals surface area contributed by atoms with Crippen LogP contribution < -0.4 is 14.8 Å². The minimum atomic E-state index is 0.281. The van der Waals surface area contributed by atoms with E-state index in [1.165, 1.54) is 0 Å². The Bertz CT molecular complexity index is 654. The highest BCUT2D eigenvalue weighted by Gasteiger charge is 2.10. The van der Waals surface area contributed by atoms with Gasteiger partial charge < -0.3 is 14.8 Å². The first-order valence-corrected chi connectivity index (χ1v) is 7.95. The van der Waals surface area contributed by atoms with Crippen molar-refractivity contribution < 1.29 is 9.47 Å². The Morgan fingerprint density at radius 1 is 1.13 bits per heavy atom. The number of nitrogens with one attached hydrogen (secondary N) is 1. The maximum atomic E-state index is 6.15. The average Bonchev–Trinajstić information content (AvgIpc) is 2.55. The molecule has 0 fully saturated rings. The fourth-order valence-electron chi connectivity index (χ4n) is 2.08. The van der Waals surface area contributed by atoms with Crippen molar-refractivity contribution in [2.45, 2.75) is 13.2 Å². The molecule has 0 radical (unpaired) electrons. The van der Waals surface area contributed by atoms with Crippen LogP contribution in [0, 0.1) is 0 Å². The van der Waals surface area contributed by atoms with Crippen LogP contribution in [0.1, 0.15) is 11.1 Å². The summed E-state index contributed by atoms with van der Waals surface area (Å²) in [6.45, 7) is 5.45. The van der Waals surface area contributed by atoms with Crippen LogP contribution in [0.15, 0.2) is 49.1 Å². The number of hydrogen-bond donors (Lipinski definition) is 1. The van der Waals surface area contributed by atoms with Gasteiger partial charge in [0.05, 0.1) is 7.11 Å². The molecule has 0 aromatic heterocycles. The molecule has 3 nitrogen and oxygen atoms in total. The van der Waals surface area contributed by atoms with Crippen molar-refractivity contribution in [1.29, 1.82) is 0 Å². The zero-order valence-electron chi connectivity index (χ0n) is 12.9. The Hall–Kier alpha value is -1.68. The summed E-state index contributed by atoms with van der Waals surface area (Å²) in [7, 11) is 1.62. The van der Waals surface area contributed by atoms with Crippen molar-refractivity contribution >= 4 is 23.2 Å². The van der Waals surface area contributed by atoms with E-state index in [2.05, 4.69) is 11.9 Å². The second-order valence-corrected chi connectivity index (χ2v) is 5.71. The predicted molar refractivity (Wildman–Crippen MR) is 95.7 cm³/mol.